The number of hydrogen-bond donors (Lipinski definition) is 0. The molecule has 0 heterocycles. The average Bonchev–Trinajstić information content (AvgIpc) is 3.08. The van der Waals surface area contributed by atoms with Gasteiger partial charge in [-0.05, 0) is 73.1 Å². The second-order valence-electron chi connectivity index (χ2n) is 12.5. The lowest BCUT2D eigenvalue weighted by Gasteiger charge is -2.26. The van der Waals surface area contributed by atoms with E-state index in [0.29, 0.717) is 0 Å². The third-order valence-electron chi connectivity index (χ3n) is 8.51. The van der Waals surface area contributed by atoms with Crippen molar-refractivity contribution in [2.24, 2.45) is 0 Å². The Kier molecular flexibility index (Phi) is 15.0. The van der Waals surface area contributed by atoms with Crippen molar-refractivity contribution >= 4 is 23.7 Å². The highest BCUT2D eigenvalue weighted by Gasteiger charge is 2.22. The number of esters is 2. The minimum absolute atomic E-state index is 0.0218. The number of ether oxygens (including phenoxy) is 2. The number of carbonyl (C=O) groups is 2. The van der Waals surface area contributed by atoms with Crippen LogP contribution in [-0.2, 0) is 30.9 Å². The summed E-state index contributed by atoms with van der Waals surface area (Å²) in [6.45, 7) is 14.0. The lowest BCUT2D eigenvalue weighted by Crippen LogP contribution is -2.25. The standard InChI is InChI=1S/C41H50N2O4/c1-6-8-26-43(38-24-18-34(19-25-38)30-35(31-42)40(45)47-29-28-46-39(44)7-2)27-12-10-9-11-13-33-16-22-37(23-17-33)41(4,5)36-20-14-32(3)15-21-36/h7,14-25,30H,2,6,8-13,26-29H2,1,3-5H3/b35-30+. The molecule has 248 valence electrons. The first-order valence-electron chi connectivity index (χ1n) is 16.8. The van der Waals surface area contributed by atoms with Crippen LogP contribution in [0.5, 0.6) is 0 Å². The molecule has 0 unspecified atom stereocenters. The maximum absolute atomic E-state index is 12.3. The van der Waals surface area contributed by atoms with Crippen molar-refractivity contribution < 1.29 is 19.1 Å². The number of nitriles is 1. The molecule has 0 aromatic heterocycles. The fourth-order valence-electron chi connectivity index (χ4n) is 5.43. The van der Waals surface area contributed by atoms with Gasteiger partial charge >= 0.3 is 11.9 Å². The van der Waals surface area contributed by atoms with Crippen molar-refractivity contribution in [3.8, 4) is 6.07 Å². The van der Waals surface area contributed by atoms with E-state index >= 15 is 0 Å². The molecule has 0 saturated carbocycles. The van der Waals surface area contributed by atoms with E-state index in [0.717, 1.165) is 56.1 Å². The van der Waals surface area contributed by atoms with Gasteiger partial charge in [0.2, 0.25) is 0 Å². The lowest BCUT2D eigenvalue weighted by molar-refractivity contribution is -0.146. The van der Waals surface area contributed by atoms with Crippen LogP contribution in [0.3, 0.4) is 0 Å². The summed E-state index contributed by atoms with van der Waals surface area (Å²) in [5.74, 6) is -1.35. The number of hydrogen-bond acceptors (Lipinski definition) is 6. The van der Waals surface area contributed by atoms with Crippen molar-refractivity contribution in [3.05, 3.63) is 119 Å². The highest BCUT2D eigenvalue weighted by Crippen LogP contribution is 2.32. The summed E-state index contributed by atoms with van der Waals surface area (Å²) < 4.78 is 9.84. The second-order valence-corrected chi connectivity index (χ2v) is 12.5. The van der Waals surface area contributed by atoms with Crippen molar-refractivity contribution in [2.45, 2.75) is 78.1 Å². The molecular weight excluding hydrogens is 584 g/mol. The summed E-state index contributed by atoms with van der Waals surface area (Å²) >= 11 is 0. The molecule has 3 rings (SSSR count). The average molecular weight is 635 g/mol. The first-order valence-corrected chi connectivity index (χ1v) is 16.8. The van der Waals surface area contributed by atoms with Crippen molar-refractivity contribution in [2.75, 3.05) is 31.2 Å². The molecule has 0 N–H and O–H groups in total. The SMILES string of the molecule is C=CC(=O)OCCOC(=O)/C(C#N)=C/c1ccc(N(CCCC)CCCCCCc2ccc(C(C)(C)c3ccc(C)cc3)cc2)cc1. The third kappa shape index (κ3) is 11.9. The van der Waals surface area contributed by atoms with E-state index in [1.165, 1.54) is 47.6 Å². The van der Waals surface area contributed by atoms with Crippen molar-refractivity contribution in [1.82, 2.24) is 0 Å². The summed E-state index contributed by atoms with van der Waals surface area (Å²) in [7, 11) is 0. The zero-order chi connectivity index (χ0) is 34.1. The molecule has 6 heteroatoms. The Morgan fingerprint density at radius 2 is 1.43 bits per heavy atom. The fraction of sp³-hybridized carbons (Fsp3) is 0.390. The Bertz CT molecular complexity index is 1500. The van der Waals surface area contributed by atoms with Crippen LogP contribution in [0.15, 0.2) is 91.0 Å². The van der Waals surface area contributed by atoms with Gasteiger partial charge in [-0.25, -0.2) is 9.59 Å². The van der Waals surface area contributed by atoms with E-state index < -0.39 is 11.9 Å². The van der Waals surface area contributed by atoms with E-state index in [1.54, 1.807) is 0 Å². The van der Waals surface area contributed by atoms with Crippen LogP contribution in [-0.4, -0.2) is 38.2 Å². The molecule has 0 atom stereocenters. The van der Waals surface area contributed by atoms with E-state index in [4.69, 9.17) is 9.47 Å². The number of aryl methyl sites for hydroxylation is 2. The van der Waals surface area contributed by atoms with Crippen LogP contribution >= 0.6 is 0 Å². The third-order valence-corrected chi connectivity index (χ3v) is 8.51. The first-order chi connectivity index (χ1) is 22.7. The largest absolute Gasteiger partial charge is 0.459 e. The Hall–Kier alpha value is -4.63. The van der Waals surface area contributed by atoms with Crippen LogP contribution in [0.25, 0.3) is 6.08 Å². The molecule has 3 aromatic carbocycles. The van der Waals surface area contributed by atoms with Crippen LogP contribution < -0.4 is 4.90 Å². The Labute approximate surface area is 281 Å². The Morgan fingerprint density at radius 3 is 2.04 bits per heavy atom. The smallest absolute Gasteiger partial charge is 0.349 e. The quantitative estimate of drug-likeness (QED) is 0.0567. The number of carbonyl (C=O) groups excluding carboxylic acids is 2. The molecule has 0 spiro atoms. The summed E-state index contributed by atoms with van der Waals surface area (Å²) in [5, 5.41) is 9.46. The monoisotopic (exact) mass is 634 g/mol. The molecule has 0 saturated heterocycles. The topological polar surface area (TPSA) is 79.6 Å². The summed E-state index contributed by atoms with van der Waals surface area (Å²) in [4.78, 5) is 25.8. The van der Waals surface area contributed by atoms with Crippen LogP contribution in [0.4, 0.5) is 5.69 Å². The maximum Gasteiger partial charge on any atom is 0.349 e. The molecule has 0 fully saturated rings. The van der Waals surface area contributed by atoms with Gasteiger partial charge in [0, 0.05) is 30.3 Å². The van der Waals surface area contributed by atoms with E-state index in [1.807, 2.05) is 30.3 Å². The Morgan fingerprint density at radius 1 is 0.830 bits per heavy atom. The molecule has 0 aliphatic heterocycles. The number of unbranched alkanes of at least 4 members (excludes halogenated alkanes) is 4. The molecule has 0 aliphatic rings. The number of nitrogens with zero attached hydrogens (tertiary/aromatic N) is 2. The molecule has 0 bridgehead atoms. The van der Waals surface area contributed by atoms with Gasteiger partial charge in [-0.2, -0.15) is 5.26 Å². The molecule has 6 nitrogen and oxygen atoms in total. The molecule has 0 amide bonds. The highest BCUT2D eigenvalue weighted by atomic mass is 16.6. The zero-order valence-electron chi connectivity index (χ0n) is 28.6. The van der Waals surface area contributed by atoms with Crippen molar-refractivity contribution in [3.63, 3.8) is 0 Å². The summed E-state index contributed by atoms with van der Waals surface area (Å²) in [6, 6.07) is 27.8. The molecule has 3 aromatic rings. The number of rotatable bonds is 19. The zero-order valence-corrected chi connectivity index (χ0v) is 28.6. The van der Waals surface area contributed by atoms with Crippen molar-refractivity contribution in [1.29, 1.82) is 5.26 Å². The van der Waals surface area contributed by atoms with Gasteiger partial charge < -0.3 is 14.4 Å². The van der Waals surface area contributed by atoms with E-state index in [2.05, 4.69) is 87.7 Å². The molecule has 0 aliphatic carbocycles. The van der Waals surface area contributed by atoms with E-state index in [9.17, 15) is 14.9 Å². The minimum atomic E-state index is -0.755. The molecule has 47 heavy (non-hydrogen) atoms. The number of benzene rings is 3. The maximum atomic E-state index is 12.3. The van der Waals surface area contributed by atoms with Crippen LogP contribution in [0.2, 0.25) is 0 Å². The Balaban J connectivity index is 1.46. The van der Waals surface area contributed by atoms with Crippen LogP contribution in [0.1, 0.15) is 87.1 Å². The van der Waals surface area contributed by atoms with Gasteiger partial charge in [0.05, 0.1) is 0 Å². The lowest BCUT2D eigenvalue weighted by atomic mass is 9.77. The summed E-state index contributed by atoms with van der Waals surface area (Å²) in [6.07, 6.45) is 10.6. The fourth-order valence-corrected chi connectivity index (χ4v) is 5.43. The highest BCUT2D eigenvalue weighted by molar-refractivity contribution is 5.97. The molecule has 0 radical (unpaired) electrons. The van der Waals surface area contributed by atoms with Gasteiger partial charge in [0.15, 0.2) is 0 Å². The van der Waals surface area contributed by atoms with Gasteiger partial charge in [0.25, 0.3) is 0 Å². The van der Waals surface area contributed by atoms with E-state index in [-0.39, 0.29) is 24.2 Å². The minimum Gasteiger partial charge on any atom is -0.459 e. The predicted molar refractivity (Wildman–Crippen MR) is 191 cm³/mol. The number of anilines is 1. The predicted octanol–water partition coefficient (Wildman–Crippen LogP) is 8.91. The normalized spacial score (nSPS) is 11.4. The first kappa shape index (κ1) is 36.8. The second kappa shape index (κ2) is 19.1. The van der Waals surface area contributed by atoms with Gasteiger partial charge in [-0.15, -0.1) is 0 Å². The van der Waals surface area contributed by atoms with Gasteiger partial charge in [-0.1, -0.05) is 113 Å². The van der Waals surface area contributed by atoms with Crippen LogP contribution in [0, 0.1) is 18.3 Å². The van der Waals surface area contributed by atoms with Gasteiger partial charge in [0.1, 0.15) is 24.9 Å². The van der Waals surface area contributed by atoms with Gasteiger partial charge in [-0.3, -0.25) is 0 Å². The summed E-state index contributed by atoms with van der Waals surface area (Å²) in [5.41, 5.74) is 7.10. The molecular formula is C41H50N2O4.